The molecule has 0 aliphatic heterocycles. The Labute approximate surface area is 127 Å². The van der Waals surface area contributed by atoms with E-state index in [4.69, 9.17) is 0 Å². The van der Waals surface area contributed by atoms with Gasteiger partial charge in [-0.25, -0.2) is 4.79 Å². The van der Waals surface area contributed by atoms with Crippen LogP contribution in [-0.2, 0) is 9.59 Å². The van der Waals surface area contributed by atoms with Gasteiger partial charge in [0.15, 0.2) is 0 Å². The van der Waals surface area contributed by atoms with Gasteiger partial charge in [-0.05, 0) is 37.0 Å². The molecule has 2 rings (SSSR count). The summed E-state index contributed by atoms with van der Waals surface area (Å²) in [5, 5.41) is 12.1. The van der Waals surface area contributed by atoms with Crippen LogP contribution in [0.4, 0.5) is 0 Å². The Kier molecular flexibility index (Phi) is 5.65. The Morgan fingerprint density at radius 3 is 2.43 bits per heavy atom. The van der Waals surface area contributed by atoms with Crippen molar-refractivity contribution in [2.45, 2.75) is 71.3 Å². The predicted molar refractivity (Wildman–Crippen MR) is 81.8 cm³/mol. The van der Waals surface area contributed by atoms with E-state index in [9.17, 15) is 14.7 Å². The molecule has 2 aliphatic carbocycles. The second-order valence-electron chi connectivity index (χ2n) is 7.02. The Hall–Kier alpha value is -1.06. The maximum atomic E-state index is 12.4. The van der Waals surface area contributed by atoms with E-state index in [1.807, 2.05) is 13.8 Å². The van der Waals surface area contributed by atoms with Gasteiger partial charge in [0, 0.05) is 5.92 Å². The minimum atomic E-state index is -0.913. The molecule has 0 radical (unpaired) electrons. The molecule has 5 unspecified atom stereocenters. The van der Waals surface area contributed by atoms with Crippen LogP contribution in [0.1, 0.15) is 65.2 Å². The van der Waals surface area contributed by atoms with Crippen molar-refractivity contribution in [1.82, 2.24) is 5.32 Å². The number of rotatable bonds is 5. The van der Waals surface area contributed by atoms with Crippen molar-refractivity contribution in [2.24, 2.45) is 23.7 Å². The summed E-state index contributed by atoms with van der Waals surface area (Å²) in [4.78, 5) is 23.8. The highest BCUT2D eigenvalue weighted by Gasteiger charge is 2.36. The molecular formula is C17H29NO3. The first-order valence-corrected chi connectivity index (χ1v) is 8.56. The lowest BCUT2D eigenvalue weighted by Crippen LogP contribution is -2.48. The number of hydrogen-bond donors (Lipinski definition) is 2. The summed E-state index contributed by atoms with van der Waals surface area (Å²) in [6, 6.07) is -0.744. The summed E-state index contributed by atoms with van der Waals surface area (Å²) in [7, 11) is 0. The fraction of sp³-hybridized carbons (Fsp3) is 0.882. The molecule has 4 heteroatoms. The molecule has 21 heavy (non-hydrogen) atoms. The Morgan fingerprint density at radius 1 is 1.14 bits per heavy atom. The fourth-order valence-electron chi connectivity index (χ4n) is 4.07. The summed E-state index contributed by atoms with van der Waals surface area (Å²) in [6.07, 6.45) is 9.00. The van der Waals surface area contributed by atoms with E-state index in [1.165, 1.54) is 25.7 Å². The van der Waals surface area contributed by atoms with Gasteiger partial charge < -0.3 is 10.4 Å². The second-order valence-corrected chi connectivity index (χ2v) is 7.02. The van der Waals surface area contributed by atoms with Crippen LogP contribution in [0.15, 0.2) is 0 Å². The average Bonchev–Trinajstić information content (AvgIpc) is 2.50. The van der Waals surface area contributed by atoms with Gasteiger partial charge in [-0.15, -0.1) is 0 Å². The maximum absolute atomic E-state index is 12.4. The minimum absolute atomic E-state index is 0.0234. The first-order chi connectivity index (χ1) is 10.0. The molecular weight excluding hydrogens is 266 g/mol. The van der Waals surface area contributed by atoms with Crippen molar-refractivity contribution >= 4 is 11.9 Å². The van der Waals surface area contributed by atoms with Gasteiger partial charge in [-0.3, -0.25) is 4.79 Å². The number of aliphatic carboxylic acids is 1. The highest BCUT2D eigenvalue weighted by atomic mass is 16.4. The molecule has 4 nitrogen and oxygen atoms in total. The van der Waals surface area contributed by atoms with Gasteiger partial charge in [0.25, 0.3) is 0 Å². The lowest BCUT2D eigenvalue weighted by Gasteiger charge is -2.39. The number of carboxylic acid groups (broad SMARTS) is 1. The molecule has 1 amide bonds. The molecule has 5 atom stereocenters. The molecule has 0 aromatic rings. The average molecular weight is 295 g/mol. The smallest absolute Gasteiger partial charge is 0.326 e. The van der Waals surface area contributed by atoms with E-state index in [1.54, 1.807) is 0 Å². The molecule has 0 aromatic heterocycles. The quantitative estimate of drug-likeness (QED) is 0.818. The van der Waals surface area contributed by atoms with Crippen LogP contribution < -0.4 is 5.32 Å². The zero-order valence-electron chi connectivity index (χ0n) is 13.3. The van der Waals surface area contributed by atoms with Crippen molar-refractivity contribution in [3.63, 3.8) is 0 Å². The van der Waals surface area contributed by atoms with Gasteiger partial charge in [0.05, 0.1) is 0 Å². The van der Waals surface area contributed by atoms with Gasteiger partial charge in [0.2, 0.25) is 5.91 Å². The van der Waals surface area contributed by atoms with Crippen LogP contribution in [0.3, 0.4) is 0 Å². The molecule has 0 aromatic carbocycles. The summed E-state index contributed by atoms with van der Waals surface area (Å²) in [5.74, 6) is 0.547. The van der Waals surface area contributed by atoms with Gasteiger partial charge in [0.1, 0.15) is 6.04 Å². The molecule has 2 fully saturated rings. The number of hydrogen-bond acceptors (Lipinski definition) is 2. The molecule has 0 heterocycles. The second kappa shape index (κ2) is 7.28. The lowest BCUT2D eigenvalue weighted by molar-refractivity contribution is -0.144. The van der Waals surface area contributed by atoms with Gasteiger partial charge in [-0.2, -0.15) is 0 Å². The molecule has 0 spiro atoms. The van der Waals surface area contributed by atoms with Crippen molar-refractivity contribution in [1.29, 1.82) is 0 Å². The van der Waals surface area contributed by atoms with Crippen LogP contribution in [0.5, 0.6) is 0 Å². The van der Waals surface area contributed by atoms with Crippen LogP contribution in [0.25, 0.3) is 0 Å². The molecule has 0 bridgehead atoms. The molecule has 120 valence electrons. The van der Waals surface area contributed by atoms with Crippen LogP contribution in [-0.4, -0.2) is 23.0 Å². The predicted octanol–water partition coefficient (Wildman–Crippen LogP) is 3.21. The third kappa shape index (κ3) is 3.98. The first-order valence-electron chi connectivity index (χ1n) is 8.56. The first kappa shape index (κ1) is 16.3. The van der Waals surface area contributed by atoms with E-state index in [2.05, 4.69) is 5.32 Å². The number of carbonyl (C=O) groups excluding carboxylic acids is 1. The van der Waals surface area contributed by atoms with Crippen molar-refractivity contribution in [2.75, 3.05) is 0 Å². The minimum Gasteiger partial charge on any atom is -0.480 e. The van der Waals surface area contributed by atoms with Gasteiger partial charge in [-0.1, -0.05) is 46.0 Å². The number of nitrogens with one attached hydrogen (secondary N) is 1. The van der Waals surface area contributed by atoms with E-state index >= 15 is 0 Å². The lowest BCUT2D eigenvalue weighted by atomic mass is 9.67. The van der Waals surface area contributed by atoms with Crippen LogP contribution in [0, 0.1) is 23.7 Å². The molecule has 0 saturated heterocycles. The van der Waals surface area contributed by atoms with Crippen molar-refractivity contribution in [3.05, 3.63) is 0 Å². The Bertz CT molecular complexity index is 382. The summed E-state index contributed by atoms with van der Waals surface area (Å²) in [6.45, 7) is 3.84. The largest absolute Gasteiger partial charge is 0.480 e. The van der Waals surface area contributed by atoms with E-state index < -0.39 is 12.0 Å². The van der Waals surface area contributed by atoms with E-state index in [-0.39, 0.29) is 17.7 Å². The number of carboxylic acids is 1. The van der Waals surface area contributed by atoms with Crippen molar-refractivity contribution < 1.29 is 14.7 Å². The zero-order chi connectivity index (χ0) is 15.4. The number of amides is 1. The zero-order valence-corrected chi connectivity index (χ0v) is 13.3. The van der Waals surface area contributed by atoms with E-state index in [0.29, 0.717) is 5.92 Å². The normalized spacial score (nSPS) is 31.8. The standard InChI is InChI=1S/C17H29NO3/c1-3-11(2)15(17(20)21)18-16(19)14-9-8-12-6-4-5-7-13(12)10-14/h11-15H,3-10H2,1-2H3,(H,18,19)(H,20,21). The topological polar surface area (TPSA) is 66.4 Å². The van der Waals surface area contributed by atoms with E-state index in [0.717, 1.165) is 31.6 Å². The van der Waals surface area contributed by atoms with Crippen molar-refractivity contribution in [3.8, 4) is 0 Å². The fourth-order valence-corrected chi connectivity index (χ4v) is 4.07. The molecule has 2 aliphatic rings. The SMILES string of the molecule is CCC(C)C(NC(=O)C1CCC2CCCCC2C1)C(=O)O. The summed E-state index contributed by atoms with van der Waals surface area (Å²) in [5.41, 5.74) is 0. The Morgan fingerprint density at radius 2 is 1.81 bits per heavy atom. The third-order valence-electron chi connectivity index (χ3n) is 5.69. The maximum Gasteiger partial charge on any atom is 0.326 e. The number of fused-ring (bicyclic) bond motifs is 1. The summed E-state index contributed by atoms with van der Waals surface area (Å²) >= 11 is 0. The summed E-state index contributed by atoms with van der Waals surface area (Å²) < 4.78 is 0. The monoisotopic (exact) mass is 295 g/mol. The highest BCUT2D eigenvalue weighted by Crippen LogP contribution is 2.42. The molecule has 2 saturated carbocycles. The molecule has 2 N–H and O–H groups in total. The third-order valence-corrected chi connectivity index (χ3v) is 5.69. The highest BCUT2D eigenvalue weighted by molar-refractivity contribution is 5.85. The van der Waals surface area contributed by atoms with Crippen LogP contribution in [0.2, 0.25) is 0 Å². The van der Waals surface area contributed by atoms with Crippen LogP contribution >= 0.6 is 0 Å². The Balaban J connectivity index is 1.92. The number of carbonyl (C=O) groups is 2. The van der Waals surface area contributed by atoms with Gasteiger partial charge >= 0.3 is 5.97 Å².